The summed E-state index contributed by atoms with van der Waals surface area (Å²) in [6, 6.07) is 3.57. The molecule has 1 fully saturated rings. The fourth-order valence-electron chi connectivity index (χ4n) is 2.58. The molecular formula is C18H28N4O4. The Kier molecular flexibility index (Phi) is 7.65. The van der Waals surface area contributed by atoms with Crippen LogP contribution in [0, 0.1) is 0 Å². The first-order valence-corrected chi connectivity index (χ1v) is 8.96. The number of ether oxygens (including phenoxy) is 2. The number of urea groups is 1. The molecule has 0 saturated carbocycles. The zero-order valence-corrected chi connectivity index (χ0v) is 15.7. The molecule has 0 bridgehead atoms. The summed E-state index contributed by atoms with van der Waals surface area (Å²) >= 11 is 0. The van der Waals surface area contributed by atoms with Crippen LogP contribution in [0.4, 0.5) is 10.6 Å². The van der Waals surface area contributed by atoms with E-state index in [2.05, 4.69) is 20.5 Å². The van der Waals surface area contributed by atoms with Crippen LogP contribution < -0.4 is 15.5 Å². The van der Waals surface area contributed by atoms with Crippen molar-refractivity contribution in [2.24, 2.45) is 0 Å². The summed E-state index contributed by atoms with van der Waals surface area (Å²) in [4.78, 5) is 29.8. The third-order valence-electron chi connectivity index (χ3n) is 3.81. The second-order valence-corrected chi connectivity index (χ2v) is 6.55. The Bertz CT molecular complexity index is 591. The van der Waals surface area contributed by atoms with E-state index in [0.717, 1.165) is 24.5 Å². The molecule has 1 aliphatic rings. The summed E-state index contributed by atoms with van der Waals surface area (Å²) in [7, 11) is 0. The minimum atomic E-state index is -0.326. The minimum Gasteiger partial charge on any atom is -0.463 e. The van der Waals surface area contributed by atoms with Gasteiger partial charge in [0.15, 0.2) is 0 Å². The van der Waals surface area contributed by atoms with E-state index in [1.165, 1.54) is 0 Å². The molecule has 2 heterocycles. The van der Waals surface area contributed by atoms with Gasteiger partial charge < -0.3 is 25.0 Å². The maximum Gasteiger partial charge on any atom is 0.315 e. The van der Waals surface area contributed by atoms with Gasteiger partial charge in [-0.15, -0.1) is 0 Å². The molecule has 1 aliphatic heterocycles. The lowest BCUT2D eigenvalue weighted by Gasteiger charge is -2.32. The number of esters is 1. The second-order valence-electron chi connectivity index (χ2n) is 6.55. The highest BCUT2D eigenvalue weighted by atomic mass is 16.5. The summed E-state index contributed by atoms with van der Waals surface area (Å²) < 4.78 is 10.5. The third kappa shape index (κ3) is 6.87. The number of aromatic nitrogens is 1. The number of rotatable bonds is 7. The van der Waals surface area contributed by atoms with Crippen molar-refractivity contribution >= 4 is 17.8 Å². The SMILES string of the molecule is CC(C)OC(=O)CCNC(=O)NCc1ccc(N2CCOC(C)C2)nc1. The number of hydrogen-bond acceptors (Lipinski definition) is 6. The first kappa shape index (κ1) is 20.0. The van der Waals surface area contributed by atoms with Crippen LogP contribution in [0.3, 0.4) is 0 Å². The number of anilines is 1. The first-order valence-electron chi connectivity index (χ1n) is 8.96. The van der Waals surface area contributed by atoms with Crippen molar-refractivity contribution in [1.82, 2.24) is 15.6 Å². The van der Waals surface area contributed by atoms with Crippen molar-refractivity contribution in [3.05, 3.63) is 23.9 Å². The lowest BCUT2D eigenvalue weighted by atomic mass is 10.2. The number of hydrogen-bond donors (Lipinski definition) is 2. The smallest absolute Gasteiger partial charge is 0.315 e. The average molecular weight is 364 g/mol. The topological polar surface area (TPSA) is 92.8 Å². The van der Waals surface area contributed by atoms with Crippen LogP contribution in [0.2, 0.25) is 0 Å². The van der Waals surface area contributed by atoms with E-state index in [-0.39, 0.29) is 37.2 Å². The van der Waals surface area contributed by atoms with Gasteiger partial charge >= 0.3 is 12.0 Å². The highest BCUT2D eigenvalue weighted by molar-refractivity contribution is 5.75. The van der Waals surface area contributed by atoms with Crippen molar-refractivity contribution in [2.45, 2.75) is 45.9 Å². The van der Waals surface area contributed by atoms with Crippen molar-refractivity contribution in [3.8, 4) is 0 Å². The van der Waals surface area contributed by atoms with Gasteiger partial charge in [-0.25, -0.2) is 9.78 Å². The molecule has 0 spiro atoms. The van der Waals surface area contributed by atoms with Gasteiger partial charge in [0, 0.05) is 32.4 Å². The molecule has 2 rings (SSSR count). The Hall–Kier alpha value is -2.35. The Morgan fingerprint density at radius 2 is 2.19 bits per heavy atom. The van der Waals surface area contributed by atoms with Crippen LogP contribution in [-0.4, -0.2) is 55.4 Å². The molecule has 2 amide bonds. The summed E-state index contributed by atoms with van der Waals surface area (Å²) in [5.41, 5.74) is 0.907. The standard InChI is InChI=1S/C18H28N4O4/c1-13(2)26-17(23)6-7-19-18(24)21-11-15-4-5-16(20-10-15)22-8-9-25-14(3)12-22/h4-5,10,13-14H,6-9,11-12H2,1-3H3,(H2,19,21,24). The fraction of sp³-hybridized carbons (Fsp3) is 0.611. The van der Waals surface area contributed by atoms with E-state index < -0.39 is 0 Å². The Morgan fingerprint density at radius 1 is 1.38 bits per heavy atom. The van der Waals surface area contributed by atoms with E-state index in [1.54, 1.807) is 20.0 Å². The lowest BCUT2D eigenvalue weighted by Crippen LogP contribution is -2.41. The number of pyridine rings is 1. The van der Waals surface area contributed by atoms with Crippen LogP contribution in [0.15, 0.2) is 18.3 Å². The van der Waals surface area contributed by atoms with E-state index in [4.69, 9.17) is 9.47 Å². The number of morpholine rings is 1. The number of nitrogens with one attached hydrogen (secondary N) is 2. The van der Waals surface area contributed by atoms with Gasteiger partial charge in [-0.3, -0.25) is 4.79 Å². The molecule has 1 saturated heterocycles. The van der Waals surface area contributed by atoms with Gasteiger partial charge in [-0.05, 0) is 32.4 Å². The van der Waals surface area contributed by atoms with Crippen molar-refractivity contribution in [1.29, 1.82) is 0 Å². The highest BCUT2D eigenvalue weighted by Gasteiger charge is 2.17. The van der Waals surface area contributed by atoms with Gasteiger partial charge in [-0.1, -0.05) is 6.07 Å². The number of carbonyl (C=O) groups excluding carboxylic acids is 2. The number of nitrogens with zero attached hydrogens (tertiary/aromatic N) is 2. The summed E-state index contributed by atoms with van der Waals surface area (Å²) in [5, 5.41) is 5.38. The van der Waals surface area contributed by atoms with E-state index in [9.17, 15) is 9.59 Å². The van der Waals surface area contributed by atoms with Crippen LogP contribution in [0.5, 0.6) is 0 Å². The molecule has 1 aromatic heterocycles. The zero-order chi connectivity index (χ0) is 18.9. The van der Waals surface area contributed by atoms with Crippen molar-refractivity contribution in [2.75, 3.05) is 31.1 Å². The molecule has 1 atom stereocenters. The molecule has 144 valence electrons. The zero-order valence-electron chi connectivity index (χ0n) is 15.7. The van der Waals surface area contributed by atoms with E-state index >= 15 is 0 Å². The van der Waals surface area contributed by atoms with E-state index in [0.29, 0.717) is 13.2 Å². The maximum atomic E-state index is 11.8. The monoisotopic (exact) mass is 364 g/mol. The van der Waals surface area contributed by atoms with Gasteiger partial charge in [0.2, 0.25) is 0 Å². The normalized spacial score (nSPS) is 17.1. The van der Waals surface area contributed by atoms with Gasteiger partial charge in [-0.2, -0.15) is 0 Å². The Morgan fingerprint density at radius 3 is 2.85 bits per heavy atom. The second kappa shape index (κ2) is 9.96. The molecule has 8 nitrogen and oxygen atoms in total. The number of carbonyl (C=O) groups is 2. The molecule has 1 unspecified atom stereocenters. The number of amides is 2. The quantitative estimate of drug-likeness (QED) is 0.712. The predicted octanol–water partition coefficient (Wildman–Crippen LogP) is 1.45. The molecule has 8 heteroatoms. The van der Waals surface area contributed by atoms with Crippen molar-refractivity contribution < 1.29 is 19.1 Å². The minimum absolute atomic E-state index is 0.146. The van der Waals surface area contributed by atoms with Crippen LogP contribution in [0.1, 0.15) is 32.8 Å². The Balaban J connectivity index is 1.69. The molecule has 0 aliphatic carbocycles. The predicted molar refractivity (Wildman–Crippen MR) is 97.9 cm³/mol. The summed E-state index contributed by atoms with van der Waals surface area (Å²) in [6.45, 7) is 8.60. The molecule has 26 heavy (non-hydrogen) atoms. The average Bonchev–Trinajstić information content (AvgIpc) is 2.60. The maximum absolute atomic E-state index is 11.8. The largest absolute Gasteiger partial charge is 0.463 e. The lowest BCUT2D eigenvalue weighted by molar-refractivity contribution is -0.147. The molecule has 0 radical (unpaired) electrons. The van der Waals surface area contributed by atoms with Gasteiger partial charge in [0.25, 0.3) is 0 Å². The van der Waals surface area contributed by atoms with Crippen LogP contribution >= 0.6 is 0 Å². The van der Waals surface area contributed by atoms with Crippen LogP contribution in [-0.2, 0) is 20.8 Å². The van der Waals surface area contributed by atoms with Crippen molar-refractivity contribution in [3.63, 3.8) is 0 Å². The summed E-state index contributed by atoms with van der Waals surface area (Å²) in [6.07, 6.45) is 1.97. The third-order valence-corrected chi connectivity index (χ3v) is 3.81. The highest BCUT2D eigenvalue weighted by Crippen LogP contribution is 2.15. The molecule has 1 aromatic rings. The molecular weight excluding hydrogens is 336 g/mol. The van der Waals surface area contributed by atoms with E-state index in [1.807, 2.05) is 19.1 Å². The van der Waals surface area contributed by atoms with Gasteiger partial charge in [0.1, 0.15) is 5.82 Å². The Labute approximate surface area is 154 Å². The van der Waals surface area contributed by atoms with Crippen LogP contribution in [0.25, 0.3) is 0 Å². The fourth-order valence-corrected chi connectivity index (χ4v) is 2.58. The van der Waals surface area contributed by atoms with Gasteiger partial charge in [0.05, 0.1) is 25.2 Å². The first-order chi connectivity index (χ1) is 12.4. The molecule has 0 aromatic carbocycles. The molecule has 2 N–H and O–H groups in total. The summed E-state index contributed by atoms with van der Waals surface area (Å²) in [5.74, 6) is 0.592.